The zero-order valence-corrected chi connectivity index (χ0v) is 8.49. The van der Waals surface area contributed by atoms with Gasteiger partial charge in [0, 0.05) is 6.08 Å². The first-order valence-electron chi connectivity index (χ1n) is 4.46. The van der Waals surface area contributed by atoms with E-state index in [1.807, 2.05) is 0 Å². The van der Waals surface area contributed by atoms with Crippen molar-refractivity contribution < 1.29 is 19.7 Å². The zero-order chi connectivity index (χ0) is 12.8. The summed E-state index contributed by atoms with van der Waals surface area (Å²) in [6.45, 7) is 0. The van der Waals surface area contributed by atoms with Crippen LogP contribution in [0.1, 0.15) is 5.56 Å². The molecule has 0 aromatic heterocycles. The summed E-state index contributed by atoms with van der Waals surface area (Å²) in [5, 5.41) is 17.8. The molecule has 0 spiro atoms. The molecule has 1 aromatic rings. The fourth-order valence-electron chi connectivity index (χ4n) is 1.14. The number of amides is 1. The number of carboxylic acid groups (broad SMARTS) is 1. The van der Waals surface area contributed by atoms with Gasteiger partial charge in [0.15, 0.2) is 5.03 Å². The van der Waals surface area contributed by atoms with Gasteiger partial charge in [0.25, 0.3) is 0 Å². The van der Waals surface area contributed by atoms with Crippen LogP contribution in [0.15, 0.2) is 36.4 Å². The summed E-state index contributed by atoms with van der Waals surface area (Å²) >= 11 is 0. The number of hydrogen-bond donors (Lipinski definition) is 2. The van der Waals surface area contributed by atoms with E-state index in [4.69, 9.17) is 5.11 Å². The van der Waals surface area contributed by atoms with Crippen molar-refractivity contribution in [3.8, 4) is 0 Å². The maximum absolute atomic E-state index is 11.0. The molecule has 0 radical (unpaired) electrons. The van der Waals surface area contributed by atoms with Crippen LogP contribution in [0.25, 0.3) is 5.57 Å². The first kappa shape index (κ1) is 12.4. The van der Waals surface area contributed by atoms with E-state index in [9.17, 15) is 19.7 Å². The molecular weight excluding hydrogens is 228 g/mol. The molecule has 88 valence electrons. The second kappa shape index (κ2) is 5.40. The van der Waals surface area contributed by atoms with Gasteiger partial charge in [0.2, 0.25) is 0 Å². The van der Waals surface area contributed by atoms with Crippen LogP contribution >= 0.6 is 0 Å². The summed E-state index contributed by atoms with van der Waals surface area (Å²) in [7, 11) is 0. The van der Waals surface area contributed by atoms with Gasteiger partial charge in [-0.2, -0.15) is 0 Å². The molecule has 7 heteroatoms. The van der Waals surface area contributed by atoms with E-state index >= 15 is 0 Å². The maximum atomic E-state index is 11.0. The minimum Gasteiger partial charge on any atom is -0.478 e. The Bertz CT molecular complexity index is 481. The second-order valence-electron chi connectivity index (χ2n) is 2.96. The third kappa shape index (κ3) is 3.74. The van der Waals surface area contributed by atoms with Crippen molar-refractivity contribution in [2.45, 2.75) is 0 Å². The molecule has 0 aliphatic rings. The van der Waals surface area contributed by atoms with Crippen molar-refractivity contribution >= 4 is 17.4 Å². The smallest absolute Gasteiger partial charge is 0.336 e. The van der Waals surface area contributed by atoms with E-state index in [0.717, 1.165) is 0 Å². The predicted octanol–water partition coefficient (Wildman–Crippen LogP) is 0.462. The molecule has 1 rings (SSSR count). The highest BCUT2D eigenvalue weighted by atomic mass is 16.7. The minimum absolute atomic E-state index is 0.290. The minimum atomic E-state index is -1.34. The van der Waals surface area contributed by atoms with Gasteiger partial charge in [-0.1, -0.05) is 35.8 Å². The van der Waals surface area contributed by atoms with Crippen LogP contribution in [0.5, 0.6) is 0 Å². The number of hydrazine groups is 1. The van der Waals surface area contributed by atoms with Gasteiger partial charge in [-0.25, -0.2) is 14.9 Å². The van der Waals surface area contributed by atoms with Crippen LogP contribution in [0.3, 0.4) is 0 Å². The van der Waals surface area contributed by atoms with Gasteiger partial charge in [-0.3, -0.25) is 4.79 Å². The Morgan fingerprint density at radius 1 is 1.29 bits per heavy atom. The highest BCUT2D eigenvalue weighted by Crippen LogP contribution is 2.13. The molecule has 0 unspecified atom stereocenters. The van der Waals surface area contributed by atoms with Crippen molar-refractivity contribution in [1.82, 2.24) is 5.43 Å². The molecule has 1 amide bonds. The third-order valence-corrected chi connectivity index (χ3v) is 1.79. The average Bonchev–Trinajstić information content (AvgIpc) is 2.25. The van der Waals surface area contributed by atoms with Crippen molar-refractivity contribution in [3.63, 3.8) is 0 Å². The number of carbonyl (C=O) groups is 2. The number of rotatable bonds is 4. The maximum Gasteiger partial charge on any atom is 0.336 e. The summed E-state index contributed by atoms with van der Waals surface area (Å²) in [4.78, 5) is 31.9. The lowest BCUT2D eigenvalue weighted by Gasteiger charge is -2.01. The molecule has 0 fully saturated rings. The molecule has 0 bridgehead atoms. The van der Waals surface area contributed by atoms with Crippen LogP contribution in [0.4, 0.5) is 0 Å². The van der Waals surface area contributed by atoms with Gasteiger partial charge in [-0.15, -0.1) is 0 Å². The Balaban J connectivity index is 3.03. The van der Waals surface area contributed by atoms with E-state index < -0.39 is 16.9 Å². The number of benzene rings is 1. The number of nitrogens with zero attached hydrogens (tertiary/aromatic N) is 1. The van der Waals surface area contributed by atoms with Crippen molar-refractivity contribution in [3.05, 3.63) is 52.1 Å². The van der Waals surface area contributed by atoms with Crippen LogP contribution in [-0.2, 0) is 9.59 Å². The quantitative estimate of drug-likeness (QED) is 0.448. The van der Waals surface area contributed by atoms with E-state index in [0.29, 0.717) is 11.6 Å². The van der Waals surface area contributed by atoms with Crippen LogP contribution in [-0.4, -0.2) is 22.0 Å². The monoisotopic (exact) mass is 236 g/mol. The molecule has 0 saturated heterocycles. The number of carboxylic acids is 1. The zero-order valence-electron chi connectivity index (χ0n) is 8.49. The van der Waals surface area contributed by atoms with Gasteiger partial charge < -0.3 is 5.11 Å². The normalized spacial score (nSPS) is 10.7. The molecule has 7 nitrogen and oxygen atoms in total. The van der Waals surface area contributed by atoms with Crippen LogP contribution in [0.2, 0.25) is 0 Å². The van der Waals surface area contributed by atoms with Crippen molar-refractivity contribution in [2.24, 2.45) is 0 Å². The van der Waals surface area contributed by atoms with E-state index in [-0.39, 0.29) is 5.57 Å². The average molecular weight is 236 g/mol. The first-order valence-corrected chi connectivity index (χ1v) is 4.46. The topological polar surface area (TPSA) is 110 Å². The number of aliphatic carboxylic acids is 1. The van der Waals surface area contributed by atoms with Gasteiger partial charge in [0.1, 0.15) is 0 Å². The summed E-state index contributed by atoms with van der Waals surface area (Å²) in [6.07, 6.45) is 0.667. The molecule has 0 saturated carbocycles. The SMILES string of the molecule is O=C(C=C(C(=O)O)c1ccccc1)N[N+](=O)[O-]. The van der Waals surface area contributed by atoms with Gasteiger partial charge in [-0.05, 0) is 5.56 Å². The van der Waals surface area contributed by atoms with E-state index in [2.05, 4.69) is 0 Å². The number of nitro groups is 1. The third-order valence-electron chi connectivity index (χ3n) is 1.79. The summed E-state index contributed by atoms with van der Waals surface area (Å²) < 4.78 is 0. The summed E-state index contributed by atoms with van der Waals surface area (Å²) in [6, 6.07) is 7.84. The van der Waals surface area contributed by atoms with Gasteiger partial charge in [0.05, 0.1) is 5.57 Å². The molecular formula is C10H8N2O5. The van der Waals surface area contributed by atoms with Gasteiger partial charge >= 0.3 is 11.9 Å². The second-order valence-corrected chi connectivity index (χ2v) is 2.96. The van der Waals surface area contributed by atoms with E-state index in [1.54, 1.807) is 18.2 Å². The molecule has 0 aliphatic heterocycles. The molecule has 0 heterocycles. The Morgan fingerprint density at radius 2 is 1.88 bits per heavy atom. The Kier molecular flexibility index (Phi) is 3.93. The fraction of sp³-hybridized carbons (Fsp3) is 0. The van der Waals surface area contributed by atoms with Crippen molar-refractivity contribution in [1.29, 1.82) is 0 Å². The van der Waals surface area contributed by atoms with Crippen LogP contribution in [0, 0.1) is 10.1 Å². The molecule has 2 N–H and O–H groups in total. The molecule has 0 atom stereocenters. The van der Waals surface area contributed by atoms with Crippen LogP contribution < -0.4 is 5.43 Å². The lowest BCUT2D eigenvalue weighted by atomic mass is 10.1. The Morgan fingerprint density at radius 3 is 2.35 bits per heavy atom. The highest BCUT2D eigenvalue weighted by Gasteiger charge is 2.14. The number of nitrogens with one attached hydrogen (secondary N) is 1. The lowest BCUT2D eigenvalue weighted by Crippen LogP contribution is -2.28. The molecule has 1 aromatic carbocycles. The largest absolute Gasteiger partial charge is 0.478 e. The first-order chi connectivity index (χ1) is 8.00. The number of carbonyl (C=O) groups excluding carboxylic acids is 1. The lowest BCUT2D eigenvalue weighted by molar-refractivity contribution is -0.529. The summed E-state index contributed by atoms with van der Waals surface area (Å²) in [5.41, 5.74) is 1.32. The number of hydrogen-bond acceptors (Lipinski definition) is 4. The Labute approximate surface area is 95.5 Å². The Hall–Kier alpha value is -2.70. The highest BCUT2D eigenvalue weighted by molar-refractivity contribution is 6.20. The fourth-order valence-corrected chi connectivity index (χ4v) is 1.14. The molecule has 0 aliphatic carbocycles. The van der Waals surface area contributed by atoms with E-state index in [1.165, 1.54) is 17.6 Å². The standard InChI is InChI=1S/C10H8N2O5/c13-9(11-12(16)17)6-8(10(14)15)7-4-2-1-3-5-7/h1-6H,(H,11,13)(H,14,15). The molecule has 17 heavy (non-hydrogen) atoms. The van der Waals surface area contributed by atoms with Crippen molar-refractivity contribution in [2.75, 3.05) is 0 Å². The predicted molar refractivity (Wildman–Crippen MR) is 57.2 cm³/mol. The summed E-state index contributed by atoms with van der Waals surface area (Å²) in [5.74, 6) is -2.44.